The highest BCUT2D eigenvalue weighted by Gasteiger charge is 2.01. The summed E-state index contributed by atoms with van der Waals surface area (Å²) >= 11 is 0. The summed E-state index contributed by atoms with van der Waals surface area (Å²) < 4.78 is 25.3. The maximum Gasteiger partial charge on any atom is 0.125 e. The van der Waals surface area contributed by atoms with Gasteiger partial charge in [-0.15, -0.1) is 0 Å². The first-order valence-corrected chi connectivity index (χ1v) is 3.46. The van der Waals surface area contributed by atoms with Gasteiger partial charge in [-0.05, 0) is 23.8 Å². The second-order valence-electron chi connectivity index (χ2n) is 2.35. The molecule has 0 aliphatic carbocycles. The smallest absolute Gasteiger partial charge is 0.125 e. The van der Waals surface area contributed by atoms with E-state index in [-0.39, 0.29) is 11.6 Å². The lowest BCUT2D eigenvalue weighted by molar-refractivity contribution is 0.591. The second kappa shape index (κ2) is 3.51. The second-order valence-corrected chi connectivity index (χ2v) is 2.35. The lowest BCUT2D eigenvalue weighted by atomic mass is 9.75. The molecule has 0 saturated carbocycles. The molecule has 1 rings (SSSR count). The number of benzene rings is 1. The average Bonchev–Trinajstić information content (AvgIpc) is 1.98. The van der Waals surface area contributed by atoms with Crippen LogP contribution in [0.3, 0.4) is 0 Å². The topological polar surface area (TPSA) is 0 Å². The van der Waals surface area contributed by atoms with Crippen molar-refractivity contribution in [2.45, 2.75) is 13.1 Å². The maximum atomic E-state index is 12.8. The molecule has 3 heteroatoms. The molecule has 0 bridgehead atoms. The SMILES string of the molecule is C[B]Cc1cc(F)ccc1F. The van der Waals surface area contributed by atoms with Crippen LogP contribution in [0.2, 0.25) is 6.82 Å². The molecule has 11 heavy (non-hydrogen) atoms. The van der Waals surface area contributed by atoms with E-state index in [9.17, 15) is 8.78 Å². The number of rotatable bonds is 2. The molecule has 0 heterocycles. The highest BCUT2D eigenvalue weighted by Crippen LogP contribution is 2.09. The Morgan fingerprint density at radius 2 is 2.09 bits per heavy atom. The molecule has 0 spiro atoms. The fraction of sp³-hybridized carbons (Fsp3) is 0.250. The van der Waals surface area contributed by atoms with Crippen molar-refractivity contribution < 1.29 is 8.78 Å². The van der Waals surface area contributed by atoms with Gasteiger partial charge in [-0.25, -0.2) is 8.78 Å². The third kappa shape index (κ3) is 2.04. The van der Waals surface area contributed by atoms with Crippen LogP contribution in [0.1, 0.15) is 5.56 Å². The number of hydrogen-bond acceptors (Lipinski definition) is 0. The van der Waals surface area contributed by atoms with Crippen LogP contribution in [0.5, 0.6) is 0 Å². The highest BCUT2D eigenvalue weighted by atomic mass is 19.1. The summed E-state index contributed by atoms with van der Waals surface area (Å²) in [4.78, 5) is 0. The normalized spacial score (nSPS) is 9.73. The standard InChI is InChI=1S/C8H8BF2/c1-9-5-6-4-7(10)2-3-8(6)11/h2-4H,5H2,1H3. The van der Waals surface area contributed by atoms with Crippen molar-refractivity contribution in [1.82, 2.24) is 0 Å². The lowest BCUT2D eigenvalue weighted by Crippen LogP contribution is -1.95. The largest absolute Gasteiger partial charge is 0.207 e. The molecule has 0 N–H and O–H groups in total. The van der Waals surface area contributed by atoms with Gasteiger partial charge in [0, 0.05) is 0 Å². The van der Waals surface area contributed by atoms with E-state index in [0.29, 0.717) is 11.9 Å². The van der Waals surface area contributed by atoms with Gasteiger partial charge in [0.05, 0.1) is 0 Å². The van der Waals surface area contributed by atoms with Crippen LogP contribution in [0.15, 0.2) is 18.2 Å². The first-order valence-electron chi connectivity index (χ1n) is 3.46. The molecule has 0 nitrogen and oxygen atoms in total. The van der Waals surface area contributed by atoms with Crippen LogP contribution in [-0.4, -0.2) is 7.28 Å². The fourth-order valence-corrected chi connectivity index (χ4v) is 0.920. The Balaban J connectivity index is 2.93. The molecule has 0 amide bonds. The van der Waals surface area contributed by atoms with Crippen LogP contribution in [0, 0.1) is 11.6 Å². The molecule has 57 valence electrons. The lowest BCUT2D eigenvalue weighted by Gasteiger charge is -1.99. The van der Waals surface area contributed by atoms with Crippen molar-refractivity contribution in [3.8, 4) is 0 Å². The Morgan fingerprint density at radius 3 is 2.73 bits per heavy atom. The van der Waals surface area contributed by atoms with E-state index < -0.39 is 0 Å². The molecule has 0 aliphatic rings. The van der Waals surface area contributed by atoms with Gasteiger partial charge in [0.15, 0.2) is 0 Å². The Kier molecular flexibility index (Phi) is 2.63. The quantitative estimate of drug-likeness (QED) is 0.571. The van der Waals surface area contributed by atoms with Crippen LogP contribution in [0.4, 0.5) is 8.78 Å². The summed E-state index contributed by atoms with van der Waals surface area (Å²) in [7, 11) is 1.79. The summed E-state index contributed by atoms with van der Waals surface area (Å²) in [5, 5.41) is 0. The van der Waals surface area contributed by atoms with E-state index in [0.717, 1.165) is 12.1 Å². The molecule has 0 aliphatic heterocycles. The zero-order valence-electron chi connectivity index (χ0n) is 6.27. The maximum absolute atomic E-state index is 12.8. The van der Waals surface area contributed by atoms with Crippen molar-refractivity contribution in [2.75, 3.05) is 0 Å². The van der Waals surface area contributed by atoms with Gasteiger partial charge in [0.1, 0.15) is 18.9 Å². The fourth-order valence-electron chi connectivity index (χ4n) is 0.920. The first-order chi connectivity index (χ1) is 5.24. The summed E-state index contributed by atoms with van der Waals surface area (Å²) in [5.41, 5.74) is 0.410. The molecule has 1 aromatic rings. The van der Waals surface area contributed by atoms with Crippen molar-refractivity contribution in [1.29, 1.82) is 0 Å². The van der Waals surface area contributed by atoms with Gasteiger partial charge in [-0.3, -0.25) is 0 Å². The Hall–Kier alpha value is -0.855. The van der Waals surface area contributed by atoms with E-state index >= 15 is 0 Å². The molecular weight excluding hydrogens is 145 g/mol. The third-order valence-electron chi connectivity index (χ3n) is 1.43. The Morgan fingerprint density at radius 1 is 1.36 bits per heavy atom. The van der Waals surface area contributed by atoms with Gasteiger partial charge in [0.2, 0.25) is 0 Å². The third-order valence-corrected chi connectivity index (χ3v) is 1.43. The van der Waals surface area contributed by atoms with Gasteiger partial charge in [0.25, 0.3) is 0 Å². The summed E-state index contributed by atoms with van der Waals surface area (Å²) in [6.07, 6.45) is 0.476. The zero-order valence-corrected chi connectivity index (χ0v) is 6.27. The molecule has 0 fully saturated rings. The number of halogens is 2. The van der Waals surface area contributed by atoms with Crippen molar-refractivity contribution in [3.05, 3.63) is 35.4 Å². The van der Waals surface area contributed by atoms with Gasteiger partial charge in [-0.2, -0.15) is 0 Å². The van der Waals surface area contributed by atoms with E-state index in [1.165, 1.54) is 6.07 Å². The molecule has 0 saturated heterocycles. The summed E-state index contributed by atoms with van der Waals surface area (Å²) in [6, 6.07) is 3.48. The number of hydrogen-bond donors (Lipinski definition) is 0. The molecule has 0 unspecified atom stereocenters. The predicted octanol–water partition coefficient (Wildman–Crippen LogP) is 2.22. The first kappa shape index (κ1) is 8.24. The van der Waals surface area contributed by atoms with Gasteiger partial charge in [-0.1, -0.05) is 13.1 Å². The summed E-state index contributed by atoms with van der Waals surface area (Å²) in [5.74, 6) is -0.729. The zero-order chi connectivity index (χ0) is 8.27. The van der Waals surface area contributed by atoms with E-state index in [2.05, 4.69) is 0 Å². The Bertz CT molecular complexity index is 248. The van der Waals surface area contributed by atoms with Crippen molar-refractivity contribution >= 4 is 7.28 Å². The van der Waals surface area contributed by atoms with Crippen LogP contribution >= 0.6 is 0 Å². The van der Waals surface area contributed by atoms with E-state index in [4.69, 9.17) is 0 Å². The predicted molar refractivity (Wildman–Crippen MR) is 41.7 cm³/mol. The van der Waals surface area contributed by atoms with Gasteiger partial charge < -0.3 is 0 Å². The molecule has 0 atom stereocenters. The van der Waals surface area contributed by atoms with E-state index in [1.807, 2.05) is 6.82 Å². The molecular formula is C8H8BF2. The van der Waals surface area contributed by atoms with E-state index in [1.54, 1.807) is 7.28 Å². The van der Waals surface area contributed by atoms with Crippen LogP contribution < -0.4 is 0 Å². The van der Waals surface area contributed by atoms with Crippen molar-refractivity contribution in [2.24, 2.45) is 0 Å². The minimum Gasteiger partial charge on any atom is -0.207 e. The highest BCUT2D eigenvalue weighted by molar-refractivity contribution is 6.32. The van der Waals surface area contributed by atoms with Crippen molar-refractivity contribution in [3.63, 3.8) is 0 Å². The Labute approximate surface area is 65.5 Å². The average molecular weight is 153 g/mol. The van der Waals surface area contributed by atoms with Crippen LogP contribution in [-0.2, 0) is 6.32 Å². The monoisotopic (exact) mass is 153 g/mol. The minimum absolute atomic E-state index is 0.343. The molecule has 1 radical (unpaired) electrons. The van der Waals surface area contributed by atoms with Gasteiger partial charge >= 0.3 is 0 Å². The van der Waals surface area contributed by atoms with Crippen LogP contribution in [0.25, 0.3) is 0 Å². The summed E-state index contributed by atoms with van der Waals surface area (Å²) in [6.45, 7) is 1.81. The molecule has 0 aromatic heterocycles. The molecule has 1 aromatic carbocycles. The minimum atomic E-state index is -0.386.